The zero-order chi connectivity index (χ0) is 17.5. The fourth-order valence-electron chi connectivity index (χ4n) is 2.85. The average molecular weight is 334 g/mol. The normalized spacial score (nSPS) is 21.6. The van der Waals surface area contributed by atoms with Crippen molar-refractivity contribution in [3.05, 3.63) is 29.8 Å². The number of hydrogen-bond donors (Lipinski definition) is 3. The van der Waals surface area contributed by atoms with Crippen LogP contribution in [0.3, 0.4) is 0 Å². The number of nitrogens with one attached hydrogen (secondary N) is 2. The van der Waals surface area contributed by atoms with Crippen LogP contribution in [0.1, 0.15) is 38.2 Å². The van der Waals surface area contributed by atoms with E-state index in [1.54, 1.807) is 0 Å². The second-order valence-corrected chi connectivity index (χ2v) is 6.48. The molecule has 1 fully saturated rings. The van der Waals surface area contributed by atoms with Gasteiger partial charge in [-0.1, -0.05) is 17.7 Å². The maximum atomic E-state index is 11.9. The maximum absolute atomic E-state index is 11.9. The highest BCUT2D eigenvalue weighted by Gasteiger charge is 2.26. The van der Waals surface area contributed by atoms with Crippen LogP contribution in [0.5, 0.6) is 5.75 Å². The first-order valence-electron chi connectivity index (χ1n) is 8.44. The number of carbonyl (C=O) groups is 2. The lowest BCUT2D eigenvalue weighted by Gasteiger charge is -2.27. The number of urea groups is 1. The van der Waals surface area contributed by atoms with E-state index in [0.29, 0.717) is 32.2 Å². The van der Waals surface area contributed by atoms with Gasteiger partial charge in [0.1, 0.15) is 11.9 Å². The van der Waals surface area contributed by atoms with Gasteiger partial charge in [-0.3, -0.25) is 4.79 Å². The molecular formula is C18H26N2O4. The number of carboxylic acid groups (broad SMARTS) is 1. The summed E-state index contributed by atoms with van der Waals surface area (Å²) in [5.41, 5.74) is 1.17. The quantitative estimate of drug-likeness (QED) is 0.746. The molecule has 1 aromatic rings. The number of rotatable bonds is 6. The van der Waals surface area contributed by atoms with Crippen molar-refractivity contribution in [1.29, 1.82) is 0 Å². The summed E-state index contributed by atoms with van der Waals surface area (Å²) in [7, 11) is 0. The van der Waals surface area contributed by atoms with Gasteiger partial charge in [0.05, 0.1) is 12.5 Å². The van der Waals surface area contributed by atoms with Crippen molar-refractivity contribution in [1.82, 2.24) is 10.6 Å². The molecule has 1 atom stereocenters. The molecule has 2 amide bonds. The molecule has 0 heterocycles. The highest BCUT2D eigenvalue weighted by molar-refractivity contribution is 5.74. The van der Waals surface area contributed by atoms with E-state index in [-0.39, 0.29) is 24.1 Å². The monoisotopic (exact) mass is 334 g/mol. The first-order valence-corrected chi connectivity index (χ1v) is 8.44. The fraction of sp³-hybridized carbons (Fsp3) is 0.556. The van der Waals surface area contributed by atoms with Gasteiger partial charge >= 0.3 is 12.0 Å². The molecule has 0 radical (unpaired) electrons. The smallest absolute Gasteiger partial charge is 0.315 e. The minimum Gasteiger partial charge on any atom is -0.489 e. The molecule has 0 aliphatic heterocycles. The van der Waals surface area contributed by atoms with Gasteiger partial charge in [0.15, 0.2) is 0 Å². The Kier molecular flexibility index (Phi) is 6.46. The van der Waals surface area contributed by atoms with Crippen LogP contribution in [0.4, 0.5) is 4.79 Å². The number of aliphatic carboxylic acids is 1. The van der Waals surface area contributed by atoms with Gasteiger partial charge in [-0.05, 0) is 51.7 Å². The van der Waals surface area contributed by atoms with Gasteiger partial charge in [-0.25, -0.2) is 4.79 Å². The van der Waals surface area contributed by atoms with Crippen molar-refractivity contribution < 1.29 is 19.4 Å². The minimum absolute atomic E-state index is 0.0499. The molecule has 1 aromatic carbocycles. The van der Waals surface area contributed by atoms with Crippen molar-refractivity contribution >= 4 is 12.0 Å². The Morgan fingerprint density at radius 3 is 2.42 bits per heavy atom. The molecule has 3 N–H and O–H groups in total. The molecule has 1 unspecified atom stereocenters. The lowest BCUT2D eigenvalue weighted by molar-refractivity contribution is -0.142. The first kappa shape index (κ1) is 18.1. The molecule has 1 aliphatic rings. The Morgan fingerprint density at radius 2 is 1.83 bits per heavy atom. The van der Waals surface area contributed by atoms with Crippen molar-refractivity contribution in [2.75, 3.05) is 6.54 Å². The Morgan fingerprint density at radius 1 is 1.21 bits per heavy atom. The molecule has 0 bridgehead atoms. The average Bonchev–Trinajstić information content (AvgIpc) is 2.55. The summed E-state index contributed by atoms with van der Waals surface area (Å²) >= 11 is 0. The van der Waals surface area contributed by atoms with E-state index in [1.807, 2.05) is 38.1 Å². The van der Waals surface area contributed by atoms with Crippen molar-refractivity contribution in [3.63, 3.8) is 0 Å². The summed E-state index contributed by atoms with van der Waals surface area (Å²) in [5.74, 6) is -0.226. The number of benzene rings is 1. The van der Waals surface area contributed by atoms with Gasteiger partial charge in [-0.2, -0.15) is 0 Å². The van der Waals surface area contributed by atoms with Crippen LogP contribution < -0.4 is 15.4 Å². The molecule has 0 aromatic heterocycles. The molecule has 6 nitrogen and oxygen atoms in total. The van der Waals surface area contributed by atoms with Crippen LogP contribution in [0.25, 0.3) is 0 Å². The van der Waals surface area contributed by atoms with E-state index in [2.05, 4.69) is 10.6 Å². The Bertz CT molecular complexity index is 551. The van der Waals surface area contributed by atoms with Crippen molar-refractivity contribution in [2.24, 2.45) is 5.92 Å². The molecular weight excluding hydrogens is 308 g/mol. The summed E-state index contributed by atoms with van der Waals surface area (Å²) in [4.78, 5) is 22.8. The van der Waals surface area contributed by atoms with Gasteiger partial charge in [0, 0.05) is 6.04 Å². The molecule has 24 heavy (non-hydrogen) atoms. The van der Waals surface area contributed by atoms with Crippen LogP contribution in [0, 0.1) is 12.8 Å². The van der Waals surface area contributed by atoms with Gasteiger partial charge in [0.25, 0.3) is 0 Å². The standard InChI is InChI=1S/C18H26N2O4/c1-12-3-9-16(10-4-12)24-13(2)11-19-18(23)20-15-7-5-14(6-8-15)17(21)22/h3-4,9-10,13-15H,5-8,11H2,1-2H3,(H,21,22)(H2,19,20,23). The van der Waals surface area contributed by atoms with E-state index in [1.165, 1.54) is 5.56 Å². The van der Waals surface area contributed by atoms with Gasteiger partial charge < -0.3 is 20.5 Å². The number of carbonyl (C=O) groups excluding carboxylic acids is 1. The summed E-state index contributed by atoms with van der Waals surface area (Å²) in [6.45, 7) is 4.32. The summed E-state index contributed by atoms with van der Waals surface area (Å²) in [6, 6.07) is 7.60. The van der Waals surface area contributed by atoms with Crippen LogP contribution >= 0.6 is 0 Å². The second-order valence-electron chi connectivity index (χ2n) is 6.48. The summed E-state index contributed by atoms with van der Waals surface area (Å²) in [5, 5.41) is 14.7. The molecule has 0 spiro atoms. The third-order valence-corrected chi connectivity index (χ3v) is 4.32. The van der Waals surface area contributed by atoms with Crippen LogP contribution in [0.2, 0.25) is 0 Å². The molecule has 1 saturated carbocycles. The zero-order valence-corrected chi connectivity index (χ0v) is 14.2. The third kappa shape index (κ3) is 5.76. The number of hydrogen-bond acceptors (Lipinski definition) is 3. The van der Waals surface area contributed by atoms with Gasteiger partial charge in [-0.15, -0.1) is 0 Å². The van der Waals surface area contributed by atoms with Gasteiger partial charge in [0.2, 0.25) is 0 Å². The number of carboxylic acids is 1. The highest BCUT2D eigenvalue weighted by atomic mass is 16.5. The molecule has 132 valence electrons. The number of ether oxygens (including phenoxy) is 1. The third-order valence-electron chi connectivity index (χ3n) is 4.32. The Labute approximate surface area is 142 Å². The number of aryl methyl sites for hydroxylation is 1. The SMILES string of the molecule is Cc1ccc(OC(C)CNC(=O)NC2CCC(C(=O)O)CC2)cc1. The lowest BCUT2D eigenvalue weighted by atomic mass is 9.86. The molecule has 1 aliphatic carbocycles. The van der Waals surface area contributed by atoms with Crippen LogP contribution in [-0.2, 0) is 4.79 Å². The van der Waals surface area contributed by atoms with E-state index in [4.69, 9.17) is 9.84 Å². The fourth-order valence-corrected chi connectivity index (χ4v) is 2.85. The minimum atomic E-state index is -0.736. The van der Waals surface area contributed by atoms with E-state index < -0.39 is 5.97 Å². The maximum Gasteiger partial charge on any atom is 0.315 e. The first-order chi connectivity index (χ1) is 11.4. The van der Waals surface area contributed by atoms with Crippen LogP contribution in [0.15, 0.2) is 24.3 Å². The van der Waals surface area contributed by atoms with Crippen molar-refractivity contribution in [2.45, 2.75) is 51.7 Å². The predicted octanol–water partition coefficient (Wildman–Crippen LogP) is 2.70. The van der Waals surface area contributed by atoms with E-state index in [9.17, 15) is 9.59 Å². The summed E-state index contributed by atoms with van der Waals surface area (Å²) in [6.07, 6.45) is 2.52. The van der Waals surface area contributed by atoms with E-state index >= 15 is 0 Å². The Hall–Kier alpha value is -2.24. The predicted molar refractivity (Wildman–Crippen MR) is 91.2 cm³/mol. The molecule has 6 heteroatoms. The summed E-state index contributed by atoms with van der Waals surface area (Å²) < 4.78 is 5.74. The van der Waals surface area contributed by atoms with Crippen molar-refractivity contribution in [3.8, 4) is 5.75 Å². The Balaban J connectivity index is 1.66. The second kappa shape index (κ2) is 8.57. The van der Waals surface area contributed by atoms with E-state index in [0.717, 1.165) is 5.75 Å². The molecule has 2 rings (SSSR count). The largest absolute Gasteiger partial charge is 0.489 e. The molecule has 0 saturated heterocycles. The number of amides is 2. The lowest BCUT2D eigenvalue weighted by Crippen LogP contribution is -2.46. The van der Waals surface area contributed by atoms with Crippen LogP contribution in [-0.4, -0.2) is 35.8 Å². The zero-order valence-electron chi connectivity index (χ0n) is 14.2. The highest BCUT2D eigenvalue weighted by Crippen LogP contribution is 2.24. The topological polar surface area (TPSA) is 87.7 Å².